The van der Waals surface area contributed by atoms with Crippen LogP contribution in [0.15, 0.2) is 60.7 Å². The minimum absolute atomic E-state index is 0.0558. The van der Waals surface area contributed by atoms with Crippen molar-refractivity contribution in [2.45, 2.75) is 11.4 Å². The van der Waals surface area contributed by atoms with Gasteiger partial charge in [0.05, 0.1) is 13.2 Å². The number of hydrogen-bond acceptors (Lipinski definition) is 3. The molecule has 1 heterocycles. The van der Waals surface area contributed by atoms with E-state index < -0.39 is 5.38 Å². The number of fused-ring (bicyclic) bond motifs is 1. The first kappa shape index (κ1) is 15.8. The Bertz CT molecular complexity index is 972. The minimum Gasteiger partial charge on any atom is -0.504 e. The number of benzene rings is 3. The van der Waals surface area contributed by atoms with E-state index in [2.05, 4.69) is 0 Å². The smallest absolute Gasteiger partial charge is 0.248 e. The highest BCUT2D eigenvalue weighted by Crippen LogP contribution is 2.44. The largest absolute Gasteiger partial charge is 0.504 e. The van der Waals surface area contributed by atoms with E-state index in [1.165, 1.54) is 7.11 Å². The molecule has 3 aromatic carbocycles. The molecule has 1 saturated heterocycles. The van der Waals surface area contributed by atoms with Crippen molar-refractivity contribution in [2.75, 3.05) is 12.0 Å². The maximum absolute atomic E-state index is 12.4. The molecular formula is C20H16ClNO3. The molecule has 0 bridgehead atoms. The number of ether oxygens (including phenoxy) is 1. The number of rotatable bonds is 3. The van der Waals surface area contributed by atoms with Crippen LogP contribution < -0.4 is 9.64 Å². The van der Waals surface area contributed by atoms with Crippen LogP contribution in [0.4, 0.5) is 5.69 Å². The summed E-state index contributed by atoms with van der Waals surface area (Å²) in [5.74, 6) is 0.286. The zero-order valence-corrected chi connectivity index (χ0v) is 14.3. The van der Waals surface area contributed by atoms with Gasteiger partial charge in [-0.3, -0.25) is 4.79 Å². The summed E-state index contributed by atoms with van der Waals surface area (Å²) in [5.41, 5.74) is 1.63. The second-order valence-corrected chi connectivity index (χ2v) is 6.49. The van der Waals surface area contributed by atoms with Gasteiger partial charge in [-0.05, 0) is 40.6 Å². The van der Waals surface area contributed by atoms with Crippen molar-refractivity contribution in [3.05, 3.63) is 66.2 Å². The number of β-lactam (4-membered cyclic amide) rings is 1. The van der Waals surface area contributed by atoms with Crippen LogP contribution in [-0.4, -0.2) is 23.5 Å². The average Bonchev–Trinajstić information content (AvgIpc) is 2.65. The highest BCUT2D eigenvalue weighted by molar-refractivity contribution is 6.37. The Kier molecular flexibility index (Phi) is 3.77. The molecule has 1 fully saturated rings. The van der Waals surface area contributed by atoms with Gasteiger partial charge in [-0.1, -0.05) is 36.4 Å². The third-order valence-corrected chi connectivity index (χ3v) is 5.01. The molecule has 5 heteroatoms. The minimum atomic E-state index is -0.638. The molecule has 0 saturated carbocycles. The number of hydrogen-bond donors (Lipinski definition) is 1. The fraction of sp³-hybridized carbons (Fsp3) is 0.150. The highest BCUT2D eigenvalue weighted by Gasteiger charge is 2.48. The van der Waals surface area contributed by atoms with Gasteiger partial charge in [0, 0.05) is 5.69 Å². The molecule has 0 aliphatic carbocycles. The van der Waals surface area contributed by atoms with Gasteiger partial charge in [0.2, 0.25) is 5.91 Å². The first-order valence-electron chi connectivity index (χ1n) is 7.93. The lowest BCUT2D eigenvalue weighted by molar-refractivity contribution is -0.123. The number of carbonyl (C=O) groups excluding carboxylic acids is 1. The molecule has 0 radical (unpaired) electrons. The van der Waals surface area contributed by atoms with Crippen molar-refractivity contribution in [3.8, 4) is 11.5 Å². The number of amides is 1. The number of anilines is 1. The average molecular weight is 354 g/mol. The SMILES string of the molecule is COc1cc(C2C(Cl)C(=O)N2c2ccc3ccccc3c2)ccc1O. The van der Waals surface area contributed by atoms with Crippen LogP contribution in [0.2, 0.25) is 0 Å². The second kappa shape index (κ2) is 5.97. The maximum atomic E-state index is 12.4. The molecule has 0 aromatic heterocycles. The molecule has 1 aliphatic rings. The first-order valence-corrected chi connectivity index (χ1v) is 8.36. The molecular weight excluding hydrogens is 338 g/mol. The molecule has 2 atom stereocenters. The van der Waals surface area contributed by atoms with E-state index in [4.69, 9.17) is 16.3 Å². The lowest BCUT2D eigenvalue weighted by Crippen LogP contribution is -2.56. The Balaban J connectivity index is 1.75. The Labute approximate surface area is 150 Å². The fourth-order valence-corrected chi connectivity index (χ4v) is 3.63. The van der Waals surface area contributed by atoms with Crippen LogP contribution in [0.1, 0.15) is 11.6 Å². The number of nitrogens with zero attached hydrogens (tertiary/aromatic N) is 1. The molecule has 4 rings (SSSR count). The van der Waals surface area contributed by atoms with Gasteiger partial charge in [-0.25, -0.2) is 0 Å². The van der Waals surface area contributed by atoms with Crippen molar-refractivity contribution in [1.82, 2.24) is 0 Å². The van der Waals surface area contributed by atoms with Crippen molar-refractivity contribution < 1.29 is 14.6 Å². The number of phenolic OH excluding ortho intramolecular Hbond substituents is 1. The van der Waals surface area contributed by atoms with E-state index >= 15 is 0 Å². The van der Waals surface area contributed by atoms with E-state index in [0.717, 1.165) is 22.0 Å². The third-order valence-electron chi connectivity index (χ3n) is 4.59. The van der Waals surface area contributed by atoms with Gasteiger partial charge < -0.3 is 14.7 Å². The van der Waals surface area contributed by atoms with Gasteiger partial charge in [-0.2, -0.15) is 0 Å². The zero-order chi connectivity index (χ0) is 17.6. The van der Waals surface area contributed by atoms with Gasteiger partial charge in [0.25, 0.3) is 0 Å². The Morgan fingerprint density at radius 2 is 1.80 bits per heavy atom. The van der Waals surface area contributed by atoms with Crippen LogP contribution in [0, 0.1) is 0 Å². The molecule has 1 aliphatic heterocycles. The first-order chi connectivity index (χ1) is 12.1. The Morgan fingerprint density at radius 3 is 2.56 bits per heavy atom. The summed E-state index contributed by atoms with van der Waals surface area (Å²) in [7, 11) is 1.49. The summed E-state index contributed by atoms with van der Waals surface area (Å²) in [6, 6.07) is 18.6. The van der Waals surface area contributed by atoms with Crippen LogP contribution in [0.5, 0.6) is 11.5 Å². The maximum Gasteiger partial charge on any atom is 0.248 e. The third kappa shape index (κ3) is 2.50. The van der Waals surface area contributed by atoms with Crippen molar-refractivity contribution in [1.29, 1.82) is 0 Å². The normalized spacial score (nSPS) is 19.8. The van der Waals surface area contributed by atoms with E-state index in [1.807, 2.05) is 42.5 Å². The number of alkyl halides is 1. The number of carbonyl (C=O) groups is 1. The molecule has 2 unspecified atom stereocenters. The predicted octanol–water partition coefficient (Wildman–Crippen LogP) is 4.25. The van der Waals surface area contributed by atoms with E-state index in [9.17, 15) is 9.90 Å². The summed E-state index contributed by atoms with van der Waals surface area (Å²) in [5, 5.41) is 11.3. The fourth-order valence-electron chi connectivity index (χ4n) is 3.26. The van der Waals surface area contributed by atoms with E-state index in [1.54, 1.807) is 23.1 Å². The molecule has 1 N–H and O–H groups in total. The molecule has 25 heavy (non-hydrogen) atoms. The van der Waals surface area contributed by atoms with E-state index in [0.29, 0.717) is 5.75 Å². The quantitative estimate of drug-likeness (QED) is 0.565. The van der Waals surface area contributed by atoms with Crippen molar-refractivity contribution in [2.24, 2.45) is 0 Å². The number of aromatic hydroxyl groups is 1. The van der Waals surface area contributed by atoms with Crippen LogP contribution in [0.3, 0.4) is 0 Å². The monoisotopic (exact) mass is 353 g/mol. The summed E-state index contributed by atoms with van der Waals surface area (Å²) in [6.45, 7) is 0. The van der Waals surface area contributed by atoms with Gasteiger partial charge in [-0.15, -0.1) is 11.6 Å². The van der Waals surface area contributed by atoms with E-state index in [-0.39, 0.29) is 17.7 Å². The Hall–Kier alpha value is -2.72. The molecule has 1 amide bonds. The van der Waals surface area contributed by atoms with Gasteiger partial charge in [0.15, 0.2) is 11.5 Å². The molecule has 126 valence electrons. The number of halogens is 1. The van der Waals surface area contributed by atoms with Crippen LogP contribution >= 0.6 is 11.6 Å². The predicted molar refractivity (Wildman–Crippen MR) is 98.5 cm³/mol. The summed E-state index contributed by atoms with van der Waals surface area (Å²) in [6.07, 6.45) is 0. The van der Waals surface area contributed by atoms with Gasteiger partial charge >= 0.3 is 0 Å². The molecule has 0 spiro atoms. The van der Waals surface area contributed by atoms with Gasteiger partial charge in [0.1, 0.15) is 5.38 Å². The highest BCUT2D eigenvalue weighted by atomic mass is 35.5. The summed E-state index contributed by atoms with van der Waals surface area (Å²) >= 11 is 6.30. The summed E-state index contributed by atoms with van der Waals surface area (Å²) in [4.78, 5) is 14.1. The standard InChI is InChI=1S/C20H16ClNO3/c1-25-17-11-14(7-9-16(17)23)19-18(21)20(24)22(19)15-8-6-12-4-2-3-5-13(12)10-15/h2-11,18-19,23H,1H3. The second-order valence-electron chi connectivity index (χ2n) is 6.02. The van der Waals surface area contributed by atoms with Crippen LogP contribution in [0.25, 0.3) is 10.8 Å². The zero-order valence-electron chi connectivity index (χ0n) is 13.5. The number of methoxy groups -OCH3 is 1. The van der Waals surface area contributed by atoms with Crippen LogP contribution in [-0.2, 0) is 4.79 Å². The lowest BCUT2D eigenvalue weighted by atomic mass is 9.91. The lowest BCUT2D eigenvalue weighted by Gasteiger charge is -2.44. The number of phenols is 1. The molecule has 4 nitrogen and oxygen atoms in total. The molecule has 3 aromatic rings. The van der Waals surface area contributed by atoms with Crippen molar-refractivity contribution >= 4 is 34.0 Å². The summed E-state index contributed by atoms with van der Waals surface area (Å²) < 4.78 is 5.17. The topological polar surface area (TPSA) is 49.8 Å². The van der Waals surface area contributed by atoms with Crippen molar-refractivity contribution in [3.63, 3.8) is 0 Å². The Morgan fingerprint density at radius 1 is 1.04 bits per heavy atom.